The molecule has 1 rings (SSSR count). The van der Waals surface area contributed by atoms with Crippen LogP contribution in [0.4, 0.5) is 0 Å². The van der Waals surface area contributed by atoms with Crippen LogP contribution in [0.15, 0.2) is 0 Å². The topological polar surface area (TPSA) is 210 Å². The summed E-state index contributed by atoms with van der Waals surface area (Å²) < 4.78 is 30.2. The second-order valence-electron chi connectivity index (χ2n) is 7.54. The van der Waals surface area contributed by atoms with Crippen LogP contribution in [0.1, 0.15) is 34.6 Å². The highest BCUT2D eigenvalue weighted by molar-refractivity contribution is 5.79. The Labute approximate surface area is 199 Å². The number of hydrogen-bond acceptors (Lipinski definition) is 14. The lowest BCUT2D eigenvalue weighted by atomic mass is 9.86. The summed E-state index contributed by atoms with van der Waals surface area (Å²) in [6.45, 7) is 4.33. The van der Waals surface area contributed by atoms with Gasteiger partial charge in [-0.25, -0.2) is 4.79 Å². The fourth-order valence-electron chi connectivity index (χ4n) is 3.43. The summed E-state index contributed by atoms with van der Waals surface area (Å²) in [5.41, 5.74) is 0. The van der Waals surface area contributed by atoms with Crippen LogP contribution in [0.25, 0.3) is 0 Å². The van der Waals surface area contributed by atoms with Crippen LogP contribution in [0.3, 0.4) is 0 Å². The minimum absolute atomic E-state index is 0.684. The molecule has 0 aromatic rings. The van der Waals surface area contributed by atoms with Gasteiger partial charge in [-0.3, -0.25) is 24.0 Å². The van der Waals surface area contributed by atoms with Crippen molar-refractivity contribution in [3.05, 3.63) is 0 Å². The lowest BCUT2D eigenvalue weighted by molar-refractivity contribution is -0.335. The standard InChI is InChI=1S/C20H29NO14/c1-8(22)21-14-16(15(33-11(4)25)13(32-10(3)24)7-31-9(2)23)35-20(29,19(28)30-6)18(27)17(14)34-12(5)26/h13-18,27,29H,7H2,1-6H3,(H,21,22)/t13-,14-,15+,16+,17+,18?,20?/m0/s1. The maximum absolute atomic E-state index is 12.4. The van der Waals surface area contributed by atoms with E-state index in [4.69, 9.17) is 23.7 Å². The van der Waals surface area contributed by atoms with Gasteiger partial charge in [-0.1, -0.05) is 0 Å². The van der Waals surface area contributed by atoms with E-state index in [1.807, 2.05) is 0 Å². The number of amides is 1. The van der Waals surface area contributed by atoms with Crippen molar-refractivity contribution < 1.29 is 67.4 Å². The van der Waals surface area contributed by atoms with Crippen molar-refractivity contribution in [2.75, 3.05) is 13.7 Å². The number of hydrogen-bond donors (Lipinski definition) is 3. The molecule has 0 aliphatic carbocycles. The number of aliphatic hydroxyl groups is 2. The summed E-state index contributed by atoms with van der Waals surface area (Å²) >= 11 is 0. The van der Waals surface area contributed by atoms with E-state index in [0.717, 1.165) is 41.7 Å². The van der Waals surface area contributed by atoms with Crippen LogP contribution in [-0.4, -0.2) is 102 Å². The maximum Gasteiger partial charge on any atom is 0.369 e. The highest BCUT2D eigenvalue weighted by atomic mass is 16.7. The molecule has 0 bridgehead atoms. The first-order valence-electron chi connectivity index (χ1n) is 10.2. The molecule has 15 heteroatoms. The van der Waals surface area contributed by atoms with Gasteiger partial charge >= 0.3 is 29.8 Å². The van der Waals surface area contributed by atoms with Crippen LogP contribution in [0.5, 0.6) is 0 Å². The molecule has 1 aliphatic heterocycles. The second kappa shape index (κ2) is 12.4. The van der Waals surface area contributed by atoms with Gasteiger partial charge in [0.2, 0.25) is 5.91 Å². The molecule has 1 heterocycles. The highest BCUT2D eigenvalue weighted by Crippen LogP contribution is 2.35. The minimum Gasteiger partial charge on any atom is -0.465 e. The van der Waals surface area contributed by atoms with Crippen LogP contribution >= 0.6 is 0 Å². The second-order valence-corrected chi connectivity index (χ2v) is 7.54. The maximum atomic E-state index is 12.4. The first-order valence-corrected chi connectivity index (χ1v) is 10.2. The van der Waals surface area contributed by atoms with E-state index in [1.165, 1.54) is 0 Å². The van der Waals surface area contributed by atoms with E-state index >= 15 is 0 Å². The van der Waals surface area contributed by atoms with Crippen molar-refractivity contribution >= 4 is 35.8 Å². The van der Waals surface area contributed by atoms with Gasteiger partial charge in [0.15, 0.2) is 24.4 Å². The monoisotopic (exact) mass is 507 g/mol. The van der Waals surface area contributed by atoms with Crippen LogP contribution in [-0.2, 0) is 57.2 Å². The number of methoxy groups -OCH3 is 1. The van der Waals surface area contributed by atoms with E-state index in [-0.39, 0.29) is 0 Å². The number of carbonyl (C=O) groups is 6. The minimum atomic E-state index is -3.20. The predicted octanol–water partition coefficient (Wildman–Crippen LogP) is -2.53. The molecule has 0 aromatic heterocycles. The Hall–Kier alpha value is -3.30. The number of nitrogens with one attached hydrogen (secondary N) is 1. The molecule has 35 heavy (non-hydrogen) atoms. The lowest BCUT2D eigenvalue weighted by Gasteiger charge is -2.49. The zero-order valence-electron chi connectivity index (χ0n) is 20.0. The van der Waals surface area contributed by atoms with E-state index in [9.17, 15) is 39.0 Å². The average molecular weight is 507 g/mol. The molecule has 1 aliphatic rings. The van der Waals surface area contributed by atoms with Gasteiger partial charge in [0.25, 0.3) is 5.79 Å². The Morgan fingerprint density at radius 1 is 0.943 bits per heavy atom. The summed E-state index contributed by atoms with van der Waals surface area (Å²) in [5, 5.41) is 23.9. The van der Waals surface area contributed by atoms with E-state index in [1.54, 1.807) is 0 Å². The Balaban J connectivity index is 3.74. The summed E-state index contributed by atoms with van der Waals surface area (Å²) in [5.74, 6) is -9.15. The zero-order chi connectivity index (χ0) is 27.1. The predicted molar refractivity (Wildman–Crippen MR) is 109 cm³/mol. The van der Waals surface area contributed by atoms with Gasteiger partial charge < -0.3 is 44.0 Å². The molecule has 0 aromatic carbocycles. The third kappa shape index (κ3) is 7.87. The Kier molecular flexibility index (Phi) is 10.5. The van der Waals surface area contributed by atoms with Crippen molar-refractivity contribution in [2.45, 2.75) is 77.0 Å². The van der Waals surface area contributed by atoms with Gasteiger partial charge in [-0.15, -0.1) is 0 Å². The van der Waals surface area contributed by atoms with Crippen LogP contribution in [0, 0.1) is 0 Å². The Morgan fingerprint density at radius 2 is 1.51 bits per heavy atom. The molecular formula is C20H29NO14. The lowest BCUT2D eigenvalue weighted by Crippen LogP contribution is -2.74. The van der Waals surface area contributed by atoms with Gasteiger partial charge in [0.1, 0.15) is 12.7 Å². The first-order chi connectivity index (χ1) is 16.1. The molecule has 0 radical (unpaired) electrons. The summed E-state index contributed by atoms with van der Waals surface area (Å²) in [6, 6.07) is -1.59. The van der Waals surface area contributed by atoms with Gasteiger partial charge in [0, 0.05) is 34.6 Å². The summed E-state index contributed by atoms with van der Waals surface area (Å²) in [6.07, 6.45) is -9.37. The number of rotatable bonds is 9. The number of ether oxygens (including phenoxy) is 6. The quantitative estimate of drug-likeness (QED) is 0.217. The van der Waals surface area contributed by atoms with Crippen molar-refractivity contribution in [2.24, 2.45) is 0 Å². The molecule has 198 valence electrons. The Morgan fingerprint density at radius 3 is 1.94 bits per heavy atom. The highest BCUT2D eigenvalue weighted by Gasteiger charge is 2.63. The average Bonchev–Trinajstić information content (AvgIpc) is 2.73. The molecular weight excluding hydrogens is 478 g/mol. The summed E-state index contributed by atoms with van der Waals surface area (Å²) in [4.78, 5) is 71.1. The van der Waals surface area contributed by atoms with Crippen molar-refractivity contribution in [3.63, 3.8) is 0 Å². The Bertz CT molecular complexity index is 844. The fraction of sp³-hybridized carbons (Fsp3) is 0.700. The third-order valence-electron chi connectivity index (χ3n) is 4.65. The van der Waals surface area contributed by atoms with Gasteiger partial charge in [-0.05, 0) is 0 Å². The van der Waals surface area contributed by atoms with Gasteiger partial charge in [-0.2, -0.15) is 0 Å². The van der Waals surface area contributed by atoms with Crippen LogP contribution in [0.2, 0.25) is 0 Å². The van der Waals surface area contributed by atoms with Crippen LogP contribution < -0.4 is 5.32 Å². The first kappa shape index (κ1) is 29.7. The van der Waals surface area contributed by atoms with E-state index < -0.39 is 84.7 Å². The normalized spacial score (nSPS) is 27.4. The molecule has 15 nitrogen and oxygen atoms in total. The van der Waals surface area contributed by atoms with Crippen molar-refractivity contribution in [1.82, 2.24) is 5.32 Å². The zero-order valence-corrected chi connectivity index (χ0v) is 20.0. The SMILES string of the molecule is COC(=O)C1(O)O[C@@H]([C@H](OC(C)=O)[C@H](COC(C)=O)OC(C)=O)[C@H](NC(C)=O)[C@@H](OC(C)=O)C1O. The molecule has 3 N–H and O–H groups in total. The molecule has 1 fully saturated rings. The number of esters is 5. The van der Waals surface area contributed by atoms with Gasteiger partial charge in [0.05, 0.1) is 13.2 Å². The molecule has 7 atom stereocenters. The number of carbonyl (C=O) groups excluding carboxylic acids is 6. The van der Waals surface area contributed by atoms with E-state index in [2.05, 4.69) is 10.1 Å². The largest absolute Gasteiger partial charge is 0.465 e. The fourth-order valence-corrected chi connectivity index (χ4v) is 3.43. The van der Waals surface area contributed by atoms with Crippen molar-refractivity contribution in [1.29, 1.82) is 0 Å². The number of aliphatic hydroxyl groups excluding tert-OH is 1. The molecule has 0 spiro atoms. The molecule has 2 unspecified atom stereocenters. The smallest absolute Gasteiger partial charge is 0.369 e. The molecule has 1 amide bonds. The molecule has 1 saturated heterocycles. The summed E-state index contributed by atoms with van der Waals surface area (Å²) in [7, 11) is 0.859. The van der Waals surface area contributed by atoms with Crippen molar-refractivity contribution in [3.8, 4) is 0 Å². The van der Waals surface area contributed by atoms with E-state index in [0.29, 0.717) is 0 Å². The third-order valence-corrected chi connectivity index (χ3v) is 4.65. The molecule has 0 saturated carbocycles.